The number of fused-ring (bicyclic) bond motifs is 1. The lowest BCUT2D eigenvalue weighted by molar-refractivity contribution is 0.0684. The highest BCUT2D eigenvalue weighted by atomic mass is 32.1. The Bertz CT molecular complexity index is 564. The summed E-state index contributed by atoms with van der Waals surface area (Å²) in [6.07, 6.45) is 3.81. The molecule has 2 aromatic heterocycles. The molecule has 0 fully saturated rings. The Morgan fingerprint density at radius 3 is 3.05 bits per heavy atom. The van der Waals surface area contributed by atoms with E-state index in [1.54, 1.807) is 13.3 Å². The zero-order valence-electron chi connectivity index (χ0n) is 11.1. The van der Waals surface area contributed by atoms with Crippen LogP contribution in [0, 0.1) is 4.77 Å². The smallest absolute Gasteiger partial charge is 0.179 e. The van der Waals surface area contributed by atoms with Crippen LogP contribution >= 0.6 is 12.2 Å². The van der Waals surface area contributed by atoms with Crippen molar-refractivity contribution in [2.45, 2.75) is 19.4 Å². The summed E-state index contributed by atoms with van der Waals surface area (Å²) in [5.74, 6) is 0. The van der Waals surface area contributed by atoms with Crippen LogP contribution in [0.4, 0.5) is 0 Å². The van der Waals surface area contributed by atoms with E-state index in [0.29, 0.717) is 13.2 Å². The molecule has 0 saturated carbocycles. The van der Waals surface area contributed by atoms with Crippen molar-refractivity contribution in [3.63, 3.8) is 0 Å². The Morgan fingerprint density at radius 1 is 1.32 bits per heavy atom. The van der Waals surface area contributed by atoms with Crippen LogP contribution < -0.4 is 0 Å². The third-order valence-corrected chi connectivity index (χ3v) is 3.20. The van der Waals surface area contributed by atoms with E-state index in [0.717, 1.165) is 41.9 Å². The molecule has 0 aliphatic carbocycles. The standard InChI is InChI=1S/C13H19N3O2S/c1-17-9-10-18-8-3-2-7-16-12-11(15-13(16)19)5-4-6-14-12/h4-6H,2-3,7-10H2,1H3,(H,15,19). The van der Waals surface area contributed by atoms with Crippen molar-refractivity contribution in [1.29, 1.82) is 0 Å². The van der Waals surface area contributed by atoms with Crippen LogP contribution in [0.25, 0.3) is 11.2 Å². The summed E-state index contributed by atoms with van der Waals surface area (Å²) in [6, 6.07) is 3.89. The molecule has 0 radical (unpaired) electrons. The number of hydrogen-bond donors (Lipinski definition) is 1. The second-order valence-corrected chi connectivity index (χ2v) is 4.66. The minimum Gasteiger partial charge on any atom is -0.382 e. The first kappa shape index (κ1) is 14.2. The van der Waals surface area contributed by atoms with Crippen LogP contribution in [0.5, 0.6) is 0 Å². The van der Waals surface area contributed by atoms with E-state index in [9.17, 15) is 0 Å². The van der Waals surface area contributed by atoms with Gasteiger partial charge in [0.1, 0.15) is 0 Å². The highest BCUT2D eigenvalue weighted by molar-refractivity contribution is 7.71. The number of nitrogens with zero attached hydrogens (tertiary/aromatic N) is 2. The van der Waals surface area contributed by atoms with E-state index in [4.69, 9.17) is 21.7 Å². The van der Waals surface area contributed by atoms with Crippen molar-refractivity contribution in [2.75, 3.05) is 26.9 Å². The van der Waals surface area contributed by atoms with Crippen LogP contribution in [0.3, 0.4) is 0 Å². The number of imidazole rings is 1. The molecule has 0 unspecified atom stereocenters. The molecule has 0 spiro atoms. The quantitative estimate of drug-likeness (QED) is 0.597. The highest BCUT2D eigenvalue weighted by Crippen LogP contribution is 2.11. The molecule has 6 heteroatoms. The molecule has 19 heavy (non-hydrogen) atoms. The molecule has 0 bridgehead atoms. The SMILES string of the molecule is COCCOCCCCn1c(=S)[nH]c2cccnc21. The topological polar surface area (TPSA) is 52.1 Å². The highest BCUT2D eigenvalue weighted by Gasteiger charge is 2.04. The Labute approximate surface area is 117 Å². The first-order valence-electron chi connectivity index (χ1n) is 6.43. The molecule has 0 atom stereocenters. The summed E-state index contributed by atoms with van der Waals surface area (Å²) in [6.45, 7) is 2.93. The van der Waals surface area contributed by atoms with Gasteiger partial charge in [-0.2, -0.15) is 0 Å². The van der Waals surface area contributed by atoms with Crippen molar-refractivity contribution in [3.8, 4) is 0 Å². The van der Waals surface area contributed by atoms with Gasteiger partial charge in [-0.25, -0.2) is 4.98 Å². The first-order chi connectivity index (χ1) is 9.33. The van der Waals surface area contributed by atoms with Crippen molar-refractivity contribution in [3.05, 3.63) is 23.1 Å². The lowest BCUT2D eigenvalue weighted by atomic mass is 10.3. The van der Waals surface area contributed by atoms with Gasteiger partial charge in [0.2, 0.25) is 0 Å². The van der Waals surface area contributed by atoms with Gasteiger partial charge in [0.05, 0.1) is 18.7 Å². The van der Waals surface area contributed by atoms with Gasteiger partial charge in [0.15, 0.2) is 10.4 Å². The van der Waals surface area contributed by atoms with Gasteiger partial charge in [0.25, 0.3) is 0 Å². The van der Waals surface area contributed by atoms with Gasteiger partial charge in [-0.1, -0.05) is 0 Å². The molecule has 0 amide bonds. The Balaban J connectivity index is 1.82. The number of aryl methyl sites for hydroxylation is 1. The molecule has 0 saturated heterocycles. The number of pyridine rings is 1. The summed E-state index contributed by atoms with van der Waals surface area (Å²) in [5, 5.41) is 0. The molecular formula is C13H19N3O2S. The van der Waals surface area contributed by atoms with Crippen LogP contribution in [0.2, 0.25) is 0 Å². The number of nitrogens with one attached hydrogen (secondary N) is 1. The number of ether oxygens (including phenoxy) is 2. The fourth-order valence-electron chi connectivity index (χ4n) is 1.91. The van der Waals surface area contributed by atoms with Gasteiger partial charge in [0, 0.05) is 26.5 Å². The third kappa shape index (κ3) is 3.86. The Hall–Kier alpha value is -1.24. The van der Waals surface area contributed by atoms with Crippen LogP contribution in [-0.2, 0) is 16.0 Å². The van der Waals surface area contributed by atoms with Crippen molar-refractivity contribution in [2.24, 2.45) is 0 Å². The number of methoxy groups -OCH3 is 1. The number of hydrogen-bond acceptors (Lipinski definition) is 4. The molecule has 104 valence electrons. The molecule has 1 N–H and O–H groups in total. The van der Waals surface area contributed by atoms with Crippen molar-refractivity contribution < 1.29 is 9.47 Å². The molecule has 2 aromatic rings. The van der Waals surface area contributed by atoms with E-state index >= 15 is 0 Å². The predicted molar refractivity (Wildman–Crippen MR) is 76.8 cm³/mol. The van der Waals surface area contributed by atoms with Crippen molar-refractivity contribution in [1.82, 2.24) is 14.5 Å². The molecule has 0 aliphatic rings. The molecule has 5 nitrogen and oxygen atoms in total. The van der Waals surface area contributed by atoms with Crippen LogP contribution in [0.15, 0.2) is 18.3 Å². The van der Waals surface area contributed by atoms with E-state index in [-0.39, 0.29) is 0 Å². The number of aromatic amines is 1. The lowest BCUT2D eigenvalue weighted by Crippen LogP contribution is -2.05. The maximum Gasteiger partial charge on any atom is 0.179 e. The summed E-state index contributed by atoms with van der Waals surface area (Å²) in [4.78, 5) is 7.52. The van der Waals surface area contributed by atoms with E-state index in [1.807, 2.05) is 16.7 Å². The van der Waals surface area contributed by atoms with Gasteiger partial charge in [-0.05, 0) is 37.2 Å². The predicted octanol–water partition coefficient (Wildman–Crippen LogP) is 2.54. The number of H-pyrrole nitrogens is 1. The third-order valence-electron chi connectivity index (χ3n) is 2.88. The summed E-state index contributed by atoms with van der Waals surface area (Å²) >= 11 is 5.31. The molecule has 2 rings (SSSR count). The maximum absolute atomic E-state index is 5.43. The number of rotatable bonds is 8. The van der Waals surface area contributed by atoms with E-state index < -0.39 is 0 Å². The Morgan fingerprint density at radius 2 is 2.21 bits per heavy atom. The minimum atomic E-state index is 0.650. The zero-order chi connectivity index (χ0) is 13.5. The monoisotopic (exact) mass is 281 g/mol. The zero-order valence-corrected chi connectivity index (χ0v) is 11.9. The van der Waals surface area contributed by atoms with Crippen LogP contribution in [-0.4, -0.2) is 41.5 Å². The second-order valence-electron chi connectivity index (χ2n) is 4.27. The number of unbranched alkanes of at least 4 members (excludes halogenated alkanes) is 1. The first-order valence-corrected chi connectivity index (χ1v) is 6.84. The van der Waals surface area contributed by atoms with E-state index in [2.05, 4.69) is 9.97 Å². The molecular weight excluding hydrogens is 262 g/mol. The second kappa shape index (κ2) is 7.37. The summed E-state index contributed by atoms with van der Waals surface area (Å²) < 4.78 is 13.1. The maximum atomic E-state index is 5.43. The average Bonchev–Trinajstić information content (AvgIpc) is 2.74. The largest absolute Gasteiger partial charge is 0.382 e. The average molecular weight is 281 g/mol. The minimum absolute atomic E-state index is 0.650. The number of aromatic nitrogens is 3. The fraction of sp³-hybridized carbons (Fsp3) is 0.538. The van der Waals surface area contributed by atoms with Crippen molar-refractivity contribution >= 4 is 23.4 Å². The lowest BCUT2D eigenvalue weighted by Gasteiger charge is -2.05. The summed E-state index contributed by atoms with van der Waals surface area (Å²) in [7, 11) is 1.68. The Kier molecular flexibility index (Phi) is 5.50. The van der Waals surface area contributed by atoms with Gasteiger partial charge >= 0.3 is 0 Å². The normalized spacial score (nSPS) is 11.2. The molecule has 0 aliphatic heterocycles. The summed E-state index contributed by atoms with van der Waals surface area (Å²) in [5.41, 5.74) is 1.91. The van der Waals surface area contributed by atoms with Gasteiger partial charge in [-0.3, -0.25) is 0 Å². The molecule has 2 heterocycles. The fourth-order valence-corrected chi connectivity index (χ4v) is 2.20. The van der Waals surface area contributed by atoms with E-state index in [1.165, 1.54) is 0 Å². The molecule has 0 aromatic carbocycles. The van der Waals surface area contributed by atoms with Gasteiger partial charge < -0.3 is 19.0 Å². The van der Waals surface area contributed by atoms with Crippen LogP contribution in [0.1, 0.15) is 12.8 Å². The van der Waals surface area contributed by atoms with Gasteiger partial charge in [-0.15, -0.1) is 0 Å².